The van der Waals surface area contributed by atoms with Crippen molar-refractivity contribution >= 4 is 27.6 Å². The molecule has 0 aliphatic heterocycles. The number of fused-ring (bicyclic) bond motifs is 3. The molecule has 3 N–H and O–H groups in total. The van der Waals surface area contributed by atoms with Gasteiger partial charge in [0.05, 0.1) is 11.2 Å². The number of rotatable bonds is 1. The van der Waals surface area contributed by atoms with Crippen molar-refractivity contribution in [1.29, 1.82) is 0 Å². The number of nitrogens with one attached hydrogen (secondary N) is 1. The third-order valence-electron chi connectivity index (χ3n) is 3.55. The smallest absolute Gasteiger partial charge is 0.126 e. The number of nitrogens with two attached hydrogens (primary N) is 1. The Labute approximate surface area is 116 Å². The molecule has 4 rings (SSSR count). The SMILES string of the molecule is Nc1cc2[nH]c3ccccc3c2c(-c2ccccc2)n1. The zero-order valence-corrected chi connectivity index (χ0v) is 10.8. The molecule has 3 nitrogen and oxygen atoms in total. The molecule has 0 bridgehead atoms. The molecule has 2 heterocycles. The maximum atomic E-state index is 5.95. The van der Waals surface area contributed by atoms with Crippen LogP contribution >= 0.6 is 0 Å². The zero-order chi connectivity index (χ0) is 13.5. The van der Waals surface area contributed by atoms with Crippen molar-refractivity contribution < 1.29 is 0 Å². The molecule has 4 aromatic rings. The van der Waals surface area contributed by atoms with Crippen LogP contribution in [0.25, 0.3) is 33.1 Å². The van der Waals surface area contributed by atoms with Gasteiger partial charge >= 0.3 is 0 Å². The van der Waals surface area contributed by atoms with Gasteiger partial charge in [0.1, 0.15) is 5.82 Å². The lowest BCUT2D eigenvalue weighted by molar-refractivity contribution is 1.36. The number of para-hydroxylation sites is 1. The van der Waals surface area contributed by atoms with Gasteiger partial charge in [-0.2, -0.15) is 0 Å². The molecule has 0 radical (unpaired) electrons. The Hall–Kier alpha value is -2.81. The molecule has 0 saturated heterocycles. The number of aromatic amines is 1. The quantitative estimate of drug-likeness (QED) is 0.543. The minimum Gasteiger partial charge on any atom is -0.384 e. The minimum atomic E-state index is 0.530. The molecule has 0 unspecified atom stereocenters. The summed E-state index contributed by atoms with van der Waals surface area (Å²) < 4.78 is 0. The van der Waals surface area contributed by atoms with E-state index in [1.54, 1.807) is 0 Å². The van der Waals surface area contributed by atoms with Gasteiger partial charge in [-0.3, -0.25) is 0 Å². The number of H-pyrrole nitrogens is 1. The third-order valence-corrected chi connectivity index (χ3v) is 3.55. The molecule has 3 heteroatoms. The molecule has 20 heavy (non-hydrogen) atoms. The molecule has 0 saturated carbocycles. The largest absolute Gasteiger partial charge is 0.384 e. The van der Waals surface area contributed by atoms with Gasteiger partial charge in [-0.05, 0) is 6.07 Å². The number of pyridine rings is 1. The average Bonchev–Trinajstić information content (AvgIpc) is 2.85. The summed E-state index contributed by atoms with van der Waals surface area (Å²) in [7, 11) is 0. The highest BCUT2D eigenvalue weighted by atomic mass is 14.9. The molecule has 96 valence electrons. The van der Waals surface area contributed by atoms with Crippen LogP contribution in [-0.2, 0) is 0 Å². The number of hydrogen-bond acceptors (Lipinski definition) is 2. The Morgan fingerprint density at radius 3 is 2.45 bits per heavy atom. The van der Waals surface area contributed by atoms with Gasteiger partial charge in [-0.15, -0.1) is 0 Å². The fourth-order valence-electron chi connectivity index (χ4n) is 2.70. The summed E-state index contributed by atoms with van der Waals surface area (Å²) in [5, 5.41) is 2.30. The summed E-state index contributed by atoms with van der Waals surface area (Å²) in [6.07, 6.45) is 0. The first-order chi connectivity index (χ1) is 9.83. The lowest BCUT2D eigenvalue weighted by Gasteiger charge is -2.05. The predicted octanol–water partition coefficient (Wildman–Crippen LogP) is 3.97. The second-order valence-corrected chi connectivity index (χ2v) is 4.85. The van der Waals surface area contributed by atoms with Crippen molar-refractivity contribution in [3.8, 4) is 11.3 Å². The molecule has 2 aromatic heterocycles. The summed E-state index contributed by atoms with van der Waals surface area (Å²) in [6.45, 7) is 0. The van der Waals surface area contributed by atoms with E-state index in [1.807, 2.05) is 36.4 Å². The molecule has 2 aromatic carbocycles. The summed E-state index contributed by atoms with van der Waals surface area (Å²) in [5.41, 5.74) is 10.1. The Bertz CT molecular complexity index is 907. The third kappa shape index (κ3) is 1.57. The van der Waals surface area contributed by atoms with Crippen molar-refractivity contribution in [2.45, 2.75) is 0 Å². The van der Waals surface area contributed by atoms with E-state index < -0.39 is 0 Å². The molecule has 0 aliphatic carbocycles. The first-order valence-corrected chi connectivity index (χ1v) is 6.55. The van der Waals surface area contributed by atoms with Crippen LogP contribution in [0.3, 0.4) is 0 Å². The van der Waals surface area contributed by atoms with Gasteiger partial charge in [0.15, 0.2) is 0 Å². The maximum absolute atomic E-state index is 5.95. The summed E-state index contributed by atoms with van der Waals surface area (Å²) in [5.74, 6) is 0.530. The van der Waals surface area contributed by atoms with E-state index in [9.17, 15) is 0 Å². The second kappa shape index (κ2) is 4.10. The zero-order valence-electron chi connectivity index (χ0n) is 10.8. The van der Waals surface area contributed by atoms with Gasteiger partial charge in [0.25, 0.3) is 0 Å². The second-order valence-electron chi connectivity index (χ2n) is 4.85. The summed E-state index contributed by atoms with van der Waals surface area (Å²) >= 11 is 0. The molecule has 0 fully saturated rings. The van der Waals surface area contributed by atoms with Crippen molar-refractivity contribution in [3.63, 3.8) is 0 Å². The van der Waals surface area contributed by atoms with Crippen LogP contribution in [0.1, 0.15) is 0 Å². The van der Waals surface area contributed by atoms with Crippen LogP contribution in [0.5, 0.6) is 0 Å². The van der Waals surface area contributed by atoms with Crippen molar-refractivity contribution in [1.82, 2.24) is 9.97 Å². The summed E-state index contributed by atoms with van der Waals surface area (Å²) in [4.78, 5) is 7.96. The van der Waals surface area contributed by atoms with Crippen LogP contribution in [-0.4, -0.2) is 9.97 Å². The maximum Gasteiger partial charge on any atom is 0.126 e. The van der Waals surface area contributed by atoms with Gasteiger partial charge in [0, 0.05) is 27.9 Å². The van der Waals surface area contributed by atoms with Crippen molar-refractivity contribution in [2.24, 2.45) is 0 Å². The first-order valence-electron chi connectivity index (χ1n) is 6.55. The van der Waals surface area contributed by atoms with Gasteiger partial charge < -0.3 is 10.7 Å². The van der Waals surface area contributed by atoms with Gasteiger partial charge in [-0.1, -0.05) is 48.5 Å². The predicted molar refractivity (Wildman–Crippen MR) is 83.4 cm³/mol. The molecule has 0 atom stereocenters. The fourth-order valence-corrected chi connectivity index (χ4v) is 2.70. The molecule has 0 aliphatic rings. The van der Waals surface area contributed by atoms with Crippen LogP contribution in [0.15, 0.2) is 60.7 Å². The minimum absolute atomic E-state index is 0.530. The standard InChI is InChI=1S/C17H13N3/c18-15-10-14-16(12-8-4-5-9-13(12)19-14)17(20-15)11-6-2-1-3-7-11/h1-10,19H,(H2,18,20). The summed E-state index contributed by atoms with van der Waals surface area (Å²) in [6, 6.07) is 20.3. The Morgan fingerprint density at radius 1 is 0.850 bits per heavy atom. The molecule has 0 amide bonds. The van der Waals surface area contributed by atoms with E-state index in [2.05, 4.69) is 34.2 Å². The van der Waals surface area contributed by atoms with E-state index in [0.717, 1.165) is 27.7 Å². The lowest BCUT2D eigenvalue weighted by atomic mass is 10.1. The molecule has 0 spiro atoms. The number of nitrogen functional groups attached to an aromatic ring is 1. The van der Waals surface area contributed by atoms with Crippen LogP contribution in [0.2, 0.25) is 0 Å². The van der Waals surface area contributed by atoms with Crippen LogP contribution in [0.4, 0.5) is 5.82 Å². The van der Waals surface area contributed by atoms with E-state index in [1.165, 1.54) is 5.39 Å². The lowest BCUT2D eigenvalue weighted by Crippen LogP contribution is -1.93. The normalized spacial score (nSPS) is 11.2. The Balaban J connectivity index is 2.19. The number of aromatic nitrogens is 2. The van der Waals surface area contributed by atoms with Gasteiger partial charge in [0.2, 0.25) is 0 Å². The topological polar surface area (TPSA) is 54.7 Å². The van der Waals surface area contributed by atoms with Gasteiger partial charge in [-0.25, -0.2) is 4.98 Å². The highest BCUT2D eigenvalue weighted by molar-refractivity contribution is 6.13. The van der Waals surface area contributed by atoms with Crippen molar-refractivity contribution in [2.75, 3.05) is 5.73 Å². The Kier molecular flexibility index (Phi) is 2.27. The highest BCUT2D eigenvalue weighted by Gasteiger charge is 2.12. The van der Waals surface area contributed by atoms with Crippen LogP contribution in [0, 0.1) is 0 Å². The highest BCUT2D eigenvalue weighted by Crippen LogP contribution is 2.34. The number of benzene rings is 2. The number of nitrogens with zero attached hydrogens (tertiary/aromatic N) is 1. The average molecular weight is 259 g/mol. The van der Waals surface area contributed by atoms with E-state index in [-0.39, 0.29) is 0 Å². The van der Waals surface area contributed by atoms with Crippen molar-refractivity contribution in [3.05, 3.63) is 60.7 Å². The molecular formula is C17H13N3. The first kappa shape index (κ1) is 11.1. The number of hydrogen-bond donors (Lipinski definition) is 2. The molecular weight excluding hydrogens is 246 g/mol. The monoisotopic (exact) mass is 259 g/mol. The number of anilines is 1. The fraction of sp³-hybridized carbons (Fsp3) is 0. The van der Waals surface area contributed by atoms with Crippen LogP contribution < -0.4 is 5.73 Å². The van der Waals surface area contributed by atoms with E-state index in [4.69, 9.17) is 5.73 Å². The van der Waals surface area contributed by atoms with E-state index in [0.29, 0.717) is 5.82 Å². The Morgan fingerprint density at radius 2 is 1.60 bits per heavy atom. The van der Waals surface area contributed by atoms with E-state index >= 15 is 0 Å².